The van der Waals surface area contributed by atoms with Crippen LogP contribution < -0.4 is 9.80 Å². The molecule has 1 spiro atoms. The van der Waals surface area contributed by atoms with Gasteiger partial charge in [0.15, 0.2) is 0 Å². The van der Waals surface area contributed by atoms with Crippen LogP contribution in [0.15, 0.2) is 24.7 Å². The van der Waals surface area contributed by atoms with Gasteiger partial charge >= 0.3 is 0 Å². The lowest BCUT2D eigenvalue weighted by Gasteiger charge is -2.44. The molecule has 0 amide bonds. The van der Waals surface area contributed by atoms with E-state index in [2.05, 4.69) is 37.7 Å². The number of nitriles is 1. The molecule has 1 saturated carbocycles. The zero-order valence-corrected chi connectivity index (χ0v) is 14.3. The summed E-state index contributed by atoms with van der Waals surface area (Å²) in [6, 6.07) is 6.36. The lowest BCUT2D eigenvalue weighted by Crippen LogP contribution is -2.48. The summed E-state index contributed by atoms with van der Waals surface area (Å²) in [7, 11) is 0. The number of aromatic nitrogens is 3. The van der Waals surface area contributed by atoms with Gasteiger partial charge in [0.2, 0.25) is 0 Å². The molecule has 0 N–H and O–H groups in total. The number of rotatable bonds is 2. The van der Waals surface area contributed by atoms with Gasteiger partial charge in [-0.1, -0.05) is 6.42 Å². The molecule has 6 nitrogen and oxygen atoms in total. The SMILES string of the molecule is CC1CCN1c1ncnc2c1C1(CCC1)CN2c1cc(C#N)ccn1. The summed E-state index contributed by atoms with van der Waals surface area (Å²) in [6.45, 7) is 4.22. The van der Waals surface area contributed by atoms with Crippen molar-refractivity contribution in [3.8, 4) is 6.07 Å². The topological polar surface area (TPSA) is 68.9 Å². The average Bonchev–Trinajstić information content (AvgIpc) is 2.97. The van der Waals surface area contributed by atoms with E-state index in [1.54, 1.807) is 18.6 Å². The largest absolute Gasteiger partial charge is 0.353 e. The van der Waals surface area contributed by atoms with Crippen LogP contribution in [0.1, 0.15) is 43.7 Å². The van der Waals surface area contributed by atoms with E-state index in [1.165, 1.54) is 31.2 Å². The van der Waals surface area contributed by atoms with Crippen molar-refractivity contribution in [1.29, 1.82) is 5.26 Å². The maximum atomic E-state index is 9.22. The first-order valence-corrected chi connectivity index (χ1v) is 8.98. The maximum Gasteiger partial charge on any atom is 0.143 e. The summed E-state index contributed by atoms with van der Waals surface area (Å²) in [5.74, 6) is 2.90. The summed E-state index contributed by atoms with van der Waals surface area (Å²) in [5.41, 5.74) is 2.08. The molecule has 0 radical (unpaired) electrons. The van der Waals surface area contributed by atoms with Crippen molar-refractivity contribution >= 4 is 17.5 Å². The Hall–Kier alpha value is -2.68. The number of anilines is 3. The van der Waals surface area contributed by atoms with Crippen molar-refractivity contribution in [3.63, 3.8) is 0 Å². The van der Waals surface area contributed by atoms with Crippen molar-refractivity contribution in [1.82, 2.24) is 15.0 Å². The Morgan fingerprint density at radius 2 is 2.08 bits per heavy atom. The first-order valence-electron chi connectivity index (χ1n) is 8.98. The molecule has 1 aliphatic carbocycles. The second kappa shape index (κ2) is 5.16. The fourth-order valence-corrected chi connectivity index (χ4v) is 4.39. The number of pyridine rings is 1. The van der Waals surface area contributed by atoms with E-state index < -0.39 is 0 Å². The van der Waals surface area contributed by atoms with Crippen molar-refractivity contribution in [2.24, 2.45) is 0 Å². The molecule has 0 aromatic carbocycles. The van der Waals surface area contributed by atoms with E-state index in [0.29, 0.717) is 11.6 Å². The molecule has 1 atom stereocenters. The zero-order chi connectivity index (χ0) is 17.0. The Kier molecular flexibility index (Phi) is 3.02. The Balaban J connectivity index is 1.65. The molecule has 126 valence electrons. The summed E-state index contributed by atoms with van der Waals surface area (Å²) >= 11 is 0. The monoisotopic (exact) mass is 332 g/mol. The molecule has 5 rings (SSSR count). The molecule has 6 heteroatoms. The Morgan fingerprint density at radius 3 is 2.72 bits per heavy atom. The molecule has 1 unspecified atom stereocenters. The predicted octanol–water partition coefficient (Wildman–Crippen LogP) is 2.92. The van der Waals surface area contributed by atoms with E-state index in [-0.39, 0.29) is 5.41 Å². The molecule has 2 aromatic rings. The third-order valence-corrected chi connectivity index (χ3v) is 6.11. The van der Waals surface area contributed by atoms with Gasteiger partial charge in [-0.25, -0.2) is 15.0 Å². The fraction of sp³-hybridized carbons (Fsp3) is 0.474. The molecular weight excluding hydrogens is 312 g/mol. The van der Waals surface area contributed by atoms with Crippen molar-refractivity contribution < 1.29 is 0 Å². The normalized spacial score (nSPS) is 23.0. The molecule has 3 aliphatic rings. The highest BCUT2D eigenvalue weighted by Crippen LogP contribution is 2.56. The lowest BCUT2D eigenvalue weighted by atomic mass is 9.66. The van der Waals surface area contributed by atoms with Gasteiger partial charge in [0.05, 0.1) is 11.6 Å². The first-order chi connectivity index (χ1) is 12.2. The van der Waals surface area contributed by atoms with Gasteiger partial charge in [0.25, 0.3) is 0 Å². The van der Waals surface area contributed by atoms with Gasteiger partial charge < -0.3 is 9.80 Å². The van der Waals surface area contributed by atoms with Crippen molar-refractivity contribution in [3.05, 3.63) is 35.8 Å². The van der Waals surface area contributed by atoms with Crippen LogP contribution in [0.25, 0.3) is 0 Å². The Morgan fingerprint density at radius 1 is 1.24 bits per heavy atom. The van der Waals surface area contributed by atoms with E-state index in [0.717, 1.165) is 30.5 Å². The lowest BCUT2D eigenvalue weighted by molar-refractivity contribution is 0.265. The first kappa shape index (κ1) is 14.6. The third kappa shape index (κ3) is 1.98. The van der Waals surface area contributed by atoms with Crippen LogP contribution in [-0.2, 0) is 5.41 Å². The maximum absolute atomic E-state index is 9.22. The van der Waals surface area contributed by atoms with Crippen LogP contribution in [0, 0.1) is 11.3 Å². The van der Waals surface area contributed by atoms with E-state index in [9.17, 15) is 5.26 Å². The zero-order valence-electron chi connectivity index (χ0n) is 14.3. The third-order valence-electron chi connectivity index (χ3n) is 6.11. The smallest absolute Gasteiger partial charge is 0.143 e. The fourth-order valence-electron chi connectivity index (χ4n) is 4.39. The quantitative estimate of drug-likeness (QED) is 0.842. The highest BCUT2D eigenvalue weighted by Gasteiger charge is 2.51. The highest BCUT2D eigenvalue weighted by molar-refractivity contribution is 5.75. The van der Waals surface area contributed by atoms with Crippen LogP contribution in [0.4, 0.5) is 17.5 Å². The van der Waals surface area contributed by atoms with Gasteiger partial charge in [0, 0.05) is 36.3 Å². The van der Waals surface area contributed by atoms with Crippen molar-refractivity contribution in [2.45, 2.75) is 44.1 Å². The van der Waals surface area contributed by atoms with Crippen LogP contribution in [0.5, 0.6) is 0 Å². The standard InChI is InChI=1S/C19H20N6/c1-13-4-8-24(13)17-16-18(23-12-22-17)25(11-19(16)5-2-6-19)15-9-14(10-20)3-7-21-15/h3,7,9,12-13H,2,4-6,8,11H2,1H3. The highest BCUT2D eigenvalue weighted by atomic mass is 15.3. The molecule has 2 aromatic heterocycles. The molecule has 2 aliphatic heterocycles. The Bertz CT molecular complexity index is 882. The summed E-state index contributed by atoms with van der Waals surface area (Å²) in [6.07, 6.45) is 8.22. The second-order valence-corrected chi connectivity index (χ2v) is 7.46. The number of fused-ring (bicyclic) bond motifs is 2. The van der Waals surface area contributed by atoms with Gasteiger partial charge in [0.1, 0.15) is 23.8 Å². The van der Waals surface area contributed by atoms with Gasteiger partial charge in [-0.15, -0.1) is 0 Å². The predicted molar refractivity (Wildman–Crippen MR) is 94.9 cm³/mol. The number of hydrogen-bond acceptors (Lipinski definition) is 6. The second-order valence-electron chi connectivity index (χ2n) is 7.46. The van der Waals surface area contributed by atoms with E-state index in [1.807, 2.05) is 6.07 Å². The number of nitrogens with zero attached hydrogens (tertiary/aromatic N) is 6. The minimum atomic E-state index is 0.144. The number of hydrogen-bond donors (Lipinski definition) is 0. The van der Waals surface area contributed by atoms with Crippen LogP contribution in [0.3, 0.4) is 0 Å². The molecule has 4 heterocycles. The summed E-state index contributed by atoms with van der Waals surface area (Å²) < 4.78 is 0. The van der Waals surface area contributed by atoms with Gasteiger partial charge in [-0.2, -0.15) is 5.26 Å². The van der Waals surface area contributed by atoms with Crippen LogP contribution in [-0.4, -0.2) is 34.1 Å². The molecule has 25 heavy (non-hydrogen) atoms. The minimum absolute atomic E-state index is 0.144. The van der Waals surface area contributed by atoms with Crippen molar-refractivity contribution in [2.75, 3.05) is 22.9 Å². The van der Waals surface area contributed by atoms with Gasteiger partial charge in [-0.3, -0.25) is 0 Å². The molecular formula is C19H20N6. The summed E-state index contributed by atoms with van der Waals surface area (Å²) in [5, 5.41) is 9.22. The van der Waals surface area contributed by atoms with Crippen LogP contribution in [0.2, 0.25) is 0 Å². The Labute approximate surface area is 147 Å². The van der Waals surface area contributed by atoms with E-state index >= 15 is 0 Å². The molecule has 2 fully saturated rings. The van der Waals surface area contributed by atoms with Crippen LogP contribution >= 0.6 is 0 Å². The van der Waals surface area contributed by atoms with E-state index in [4.69, 9.17) is 0 Å². The van der Waals surface area contributed by atoms with Gasteiger partial charge in [-0.05, 0) is 38.3 Å². The minimum Gasteiger partial charge on any atom is -0.353 e. The summed E-state index contributed by atoms with van der Waals surface area (Å²) in [4.78, 5) is 18.4. The average molecular weight is 332 g/mol. The molecule has 1 saturated heterocycles. The molecule has 0 bridgehead atoms.